The molecule has 0 bridgehead atoms. The summed E-state index contributed by atoms with van der Waals surface area (Å²) in [7, 11) is 1.71. The van der Waals surface area contributed by atoms with Gasteiger partial charge in [0.05, 0.1) is 25.4 Å². The third-order valence-corrected chi connectivity index (χ3v) is 5.53. The van der Waals surface area contributed by atoms with Crippen molar-refractivity contribution >= 4 is 11.6 Å². The lowest BCUT2D eigenvalue weighted by molar-refractivity contribution is 0.321. The second-order valence-electron chi connectivity index (χ2n) is 7.47. The fraction of sp³-hybridized carbons (Fsp3) is 0.478. The molecule has 0 aliphatic carbocycles. The van der Waals surface area contributed by atoms with Gasteiger partial charge in [-0.2, -0.15) is 0 Å². The van der Waals surface area contributed by atoms with Crippen molar-refractivity contribution in [2.24, 2.45) is 4.99 Å². The Bertz CT molecular complexity index is 846. The van der Waals surface area contributed by atoms with E-state index < -0.39 is 0 Å². The van der Waals surface area contributed by atoms with Crippen molar-refractivity contribution in [3.05, 3.63) is 52.8 Å². The average molecular weight is 381 g/mol. The smallest absolute Gasteiger partial charge is 0.199 e. The van der Waals surface area contributed by atoms with Crippen LogP contribution in [0.1, 0.15) is 61.5 Å². The third-order valence-electron chi connectivity index (χ3n) is 5.53. The summed E-state index contributed by atoms with van der Waals surface area (Å²) >= 11 is 0. The number of fused-ring (bicyclic) bond motifs is 1. The van der Waals surface area contributed by atoms with E-state index in [4.69, 9.17) is 9.73 Å². The second kappa shape index (κ2) is 9.09. The zero-order valence-electron chi connectivity index (χ0n) is 17.7. The van der Waals surface area contributed by atoms with Gasteiger partial charge in [-0.3, -0.25) is 4.98 Å². The van der Waals surface area contributed by atoms with Crippen molar-refractivity contribution in [3.8, 4) is 5.75 Å². The minimum absolute atomic E-state index is 0.301. The molecule has 1 aliphatic heterocycles. The molecule has 3 rings (SSSR count). The summed E-state index contributed by atoms with van der Waals surface area (Å²) in [6, 6.07) is 8.81. The molecule has 0 spiro atoms. The number of aliphatic imine (C=N–C) groups is 1. The maximum absolute atomic E-state index is 5.54. The monoisotopic (exact) mass is 380 g/mol. The molecule has 1 aromatic heterocycles. The second-order valence-corrected chi connectivity index (χ2v) is 7.47. The van der Waals surface area contributed by atoms with Gasteiger partial charge in [-0.1, -0.05) is 38.0 Å². The SMILES string of the molecule is CCCCCN1C(=NCc2ncc(C)c(OC)c2C)Nc2ccccc2C1C. The predicted octanol–water partition coefficient (Wildman–Crippen LogP) is 5.24. The Morgan fingerprint density at radius 3 is 2.75 bits per heavy atom. The van der Waals surface area contributed by atoms with Crippen LogP contribution in [0.5, 0.6) is 5.75 Å². The third kappa shape index (κ3) is 4.13. The molecule has 5 heteroatoms. The van der Waals surface area contributed by atoms with Gasteiger partial charge >= 0.3 is 0 Å². The summed E-state index contributed by atoms with van der Waals surface area (Å²) < 4.78 is 5.54. The molecule has 0 fully saturated rings. The molecule has 1 N–H and O–H groups in total. The van der Waals surface area contributed by atoms with Crippen molar-refractivity contribution in [2.75, 3.05) is 19.0 Å². The Kier molecular flexibility index (Phi) is 6.55. The van der Waals surface area contributed by atoms with Gasteiger partial charge in [0.15, 0.2) is 5.96 Å². The van der Waals surface area contributed by atoms with E-state index in [0.29, 0.717) is 12.6 Å². The normalized spacial score (nSPS) is 17.4. The molecule has 2 aromatic rings. The first-order chi connectivity index (χ1) is 13.6. The molecule has 28 heavy (non-hydrogen) atoms. The summed E-state index contributed by atoms with van der Waals surface area (Å²) in [6.45, 7) is 10.1. The zero-order valence-corrected chi connectivity index (χ0v) is 17.7. The molecule has 0 saturated heterocycles. The van der Waals surface area contributed by atoms with Crippen LogP contribution in [0.2, 0.25) is 0 Å². The maximum Gasteiger partial charge on any atom is 0.199 e. The predicted molar refractivity (Wildman–Crippen MR) is 116 cm³/mol. The Morgan fingerprint density at radius 2 is 2.00 bits per heavy atom. The number of unbranched alkanes of at least 4 members (excludes halogenated alkanes) is 2. The van der Waals surface area contributed by atoms with Crippen LogP contribution >= 0.6 is 0 Å². The topological polar surface area (TPSA) is 49.8 Å². The number of pyridine rings is 1. The first kappa shape index (κ1) is 20.2. The number of benzene rings is 1. The molecule has 0 radical (unpaired) electrons. The van der Waals surface area contributed by atoms with Crippen molar-refractivity contribution in [2.45, 2.75) is 59.5 Å². The van der Waals surface area contributed by atoms with E-state index >= 15 is 0 Å². The highest BCUT2D eigenvalue weighted by Crippen LogP contribution is 2.33. The molecule has 1 aliphatic rings. The van der Waals surface area contributed by atoms with Gasteiger partial charge in [0.2, 0.25) is 0 Å². The van der Waals surface area contributed by atoms with Gasteiger partial charge in [-0.15, -0.1) is 0 Å². The van der Waals surface area contributed by atoms with Crippen LogP contribution in [0.4, 0.5) is 5.69 Å². The number of hydrogen-bond acceptors (Lipinski definition) is 3. The Balaban J connectivity index is 1.89. The Morgan fingerprint density at radius 1 is 1.21 bits per heavy atom. The highest BCUT2D eigenvalue weighted by molar-refractivity contribution is 5.96. The van der Waals surface area contributed by atoms with Gasteiger partial charge in [0.25, 0.3) is 0 Å². The molecular weight excluding hydrogens is 348 g/mol. The van der Waals surface area contributed by atoms with E-state index in [1.54, 1.807) is 7.11 Å². The number of guanidine groups is 1. The molecule has 5 nitrogen and oxygen atoms in total. The number of anilines is 1. The highest BCUT2D eigenvalue weighted by atomic mass is 16.5. The minimum atomic E-state index is 0.301. The Hall–Kier alpha value is -2.56. The summed E-state index contributed by atoms with van der Waals surface area (Å²) in [5, 5.41) is 3.55. The standard InChI is InChI=1S/C23H32N4O/c1-6-7-10-13-27-18(4)19-11-8-9-12-20(19)26-23(27)25-15-21-17(3)22(28-5)16(2)14-24-21/h8-9,11-12,14,18H,6-7,10,13,15H2,1-5H3,(H,25,26). The summed E-state index contributed by atoms with van der Waals surface area (Å²) in [5.74, 6) is 1.84. The lowest BCUT2D eigenvalue weighted by atomic mass is 10.0. The molecule has 1 aromatic carbocycles. The fourth-order valence-corrected chi connectivity index (χ4v) is 3.86. The van der Waals surface area contributed by atoms with E-state index in [2.05, 4.69) is 60.2 Å². The first-order valence-electron chi connectivity index (χ1n) is 10.2. The summed E-state index contributed by atoms with van der Waals surface area (Å²) in [5.41, 5.74) is 5.54. The molecule has 0 saturated carbocycles. The maximum atomic E-state index is 5.54. The Labute approximate surface area is 168 Å². The number of methoxy groups -OCH3 is 1. The van der Waals surface area contributed by atoms with Crippen LogP contribution in [-0.2, 0) is 6.54 Å². The van der Waals surface area contributed by atoms with Gasteiger partial charge in [0.1, 0.15) is 5.75 Å². The quantitative estimate of drug-likeness (QED) is 0.667. The molecule has 0 amide bonds. The number of nitrogens with one attached hydrogen (secondary N) is 1. The lowest BCUT2D eigenvalue weighted by Crippen LogP contribution is -2.43. The minimum Gasteiger partial charge on any atom is -0.496 e. The molecule has 1 atom stereocenters. The number of ether oxygens (including phenoxy) is 1. The largest absolute Gasteiger partial charge is 0.496 e. The van der Waals surface area contributed by atoms with Gasteiger partial charge in [-0.05, 0) is 38.8 Å². The van der Waals surface area contributed by atoms with E-state index in [1.165, 1.54) is 24.8 Å². The first-order valence-corrected chi connectivity index (χ1v) is 10.2. The van der Waals surface area contributed by atoms with E-state index in [1.807, 2.05) is 13.1 Å². The number of rotatable bonds is 7. The van der Waals surface area contributed by atoms with Gasteiger partial charge < -0.3 is 15.0 Å². The van der Waals surface area contributed by atoms with Crippen molar-refractivity contribution in [1.29, 1.82) is 0 Å². The van der Waals surface area contributed by atoms with Crippen LogP contribution in [0.15, 0.2) is 35.5 Å². The van der Waals surface area contributed by atoms with Gasteiger partial charge in [-0.25, -0.2) is 4.99 Å². The lowest BCUT2D eigenvalue weighted by Gasteiger charge is -2.38. The summed E-state index contributed by atoms with van der Waals surface area (Å²) in [6.07, 6.45) is 5.48. The highest BCUT2D eigenvalue weighted by Gasteiger charge is 2.27. The molecular formula is C23H32N4O. The molecule has 2 heterocycles. The van der Waals surface area contributed by atoms with Crippen molar-refractivity contribution in [3.63, 3.8) is 0 Å². The molecule has 1 unspecified atom stereocenters. The van der Waals surface area contributed by atoms with Crippen LogP contribution < -0.4 is 10.1 Å². The number of nitrogens with zero attached hydrogens (tertiary/aromatic N) is 3. The van der Waals surface area contributed by atoms with Crippen molar-refractivity contribution < 1.29 is 4.74 Å². The zero-order chi connectivity index (χ0) is 20.1. The summed E-state index contributed by atoms with van der Waals surface area (Å²) in [4.78, 5) is 11.9. The van der Waals surface area contributed by atoms with E-state index in [-0.39, 0.29) is 0 Å². The number of hydrogen-bond donors (Lipinski definition) is 1. The van der Waals surface area contributed by atoms with Crippen LogP contribution in [0.3, 0.4) is 0 Å². The number of aromatic nitrogens is 1. The fourth-order valence-electron chi connectivity index (χ4n) is 3.86. The van der Waals surface area contributed by atoms with E-state index in [0.717, 1.165) is 40.8 Å². The van der Waals surface area contributed by atoms with E-state index in [9.17, 15) is 0 Å². The van der Waals surface area contributed by atoms with Crippen molar-refractivity contribution in [1.82, 2.24) is 9.88 Å². The number of para-hydroxylation sites is 1. The number of aryl methyl sites for hydroxylation is 1. The van der Waals surface area contributed by atoms with Crippen LogP contribution in [0, 0.1) is 13.8 Å². The van der Waals surface area contributed by atoms with Crippen LogP contribution in [-0.4, -0.2) is 29.5 Å². The average Bonchev–Trinajstić information content (AvgIpc) is 2.70. The van der Waals surface area contributed by atoms with Gasteiger partial charge in [0, 0.05) is 29.6 Å². The van der Waals surface area contributed by atoms with Crippen LogP contribution in [0.25, 0.3) is 0 Å². The molecule has 150 valence electrons.